The quantitative estimate of drug-likeness (QED) is 0.847. The molecule has 0 aliphatic heterocycles. The fourth-order valence-electron chi connectivity index (χ4n) is 2.10. The van der Waals surface area contributed by atoms with Crippen molar-refractivity contribution in [2.24, 2.45) is 5.73 Å². The topological polar surface area (TPSA) is 64.1 Å². The van der Waals surface area contributed by atoms with E-state index in [4.69, 9.17) is 10.2 Å². The Morgan fingerprint density at radius 3 is 2.59 bits per heavy atom. The normalized spacial score (nSPS) is 23.1. The summed E-state index contributed by atoms with van der Waals surface area (Å²) in [5.74, 6) is 0.794. The molecular formula is C13H15N3O. The molecule has 0 unspecified atom stereocenters. The van der Waals surface area contributed by atoms with Crippen molar-refractivity contribution in [3.05, 3.63) is 36.9 Å². The number of hydrogen-bond acceptors (Lipinski definition) is 4. The van der Waals surface area contributed by atoms with Crippen LogP contribution in [0.15, 0.2) is 41.3 Å². The van der Waals surface area contributed by atoms with E-state index < -0.39 is 0 Å². The van der Waals surface area contributed by atoms with Crippen molar-refractivity contribution in [2.45, 2.75) is 24.9 Å². The Labute approximate surface area is 99.8 Å². The molecule has 1 heterocycles. The molecule has 0 saturated heterocycles. The van der Waals surface area contributed by atoms with Crippen LogP contribution in [0.25, 0.3) is 11.3 Å². The SMILES string of the molecule is NC1CC(Nc2ccc(-c3cnco3)cc2)C1. The first-order chi connectivity index (χ1) is 8.31. The van der Waals surface area contributed by atoms with E-state index in [9.17, 15) is 0 Å². The average Bonchev–Trinajstić information content (AvgIpc) is 2.81. The predicted molar refractivity (Wildman–Crippen MR) is 66.6 cm³/mol. The molecule has 1 aromatic carbocycles. The molecule has 3 N–H and O–H groups in total. The van der Waals surface area contributed by atoms with E-state index >= 15 is 0 Å². The number of benzene rings is 1. The lowest BCUT2D eigenvalue weighted by Gasteiger charge is -2.33. The zero-order valence-corrected chi connectivity index (χ0v) is 9.47. The van der Waals surface area contributed by atoms with Crippen molar-refractivity contribution in [1.82, 2.24) is 4.98 Å². The summed E-state index contributed by atoms with van der Waals surface area (Å²) in [6.07, 6.45) is 5.28. The Balaban J connectivity index is 1.68. The van der Waals surface area contributed by atoms with Crippen LogP contribution in [-0.4, -0.2) is 17.1 Å². The molecule has 2 aromatic rings. The third-order valence-electron chi connectivity index (χ3n) is 3.15. The molecule has 17 heavy (non-hydrogen) atoms. The first-order valence-corrected chi connectivity index (χ1v) is 5.82. The van der Waals surface area contributed by atoms with Crippen LogP contribution in [0.1, 0.15) is 12.8 Å². The van der Waals surface area contributed by atoms with Gasteiger partial charge in [-0.05, 0) is 37.1 Å². The standard InChI is InChI=1S/C13H15N3O/c14-10-5-12(6-10)16-11-3-1-9(2-4-11)13-7-15-8-17-13/h1-4,7-8,10,12,16H,5-6,14H2. The van der Waals surface area contributed by atoms with E-state index in [1.807, 2.05) is 12.1 Å². The molecule has 0 amide bonds. The maximum absolute atomic E-state index is 5.75. The molecule has 1 aliphatic rings. The summed E-state index contributed by atoms with van der Waals surface area (Å²) in [5.41, 5.74) is 7.92. The average molecular weight is 229 g/mol. The molecule has 4 heteroatoms. The monoisotopic (exact) mass is 229 g/mol. The minimum atomic E-state index is 0.376. The number of hydrogen-bond donors (Lipinski definition) is 2. The van der Waals surface area contributed by atoms with Crippen LogP contribution in [-0.2, 0) is 0 Å². The number of rotatable bonds is 3. The highest BCUT2D eigenvalue weighted by atomic mass is 16.3. The van der Waals surface area contributed by atoms with E-state index in [2.05, 4.69) is 22.4 Å². The lowest BCUT2D eigenvalue weighted by molar-refractivity contribution is 0.374. The molecule has 0 atom stereocenters. The van der Waals surface area contributed by atoms with E-state index in [0.29, 0.717) is 12.1 Å². The predicted octanol–water partition coefficient (Wildman–Crippen LogP) is 2.24. The van der Waals surface area contributed by atoms with Crippen molar-refractivity contribution in [3.8, 4) is 11.3 Å². The third-order valence-corrected chi connectivity index (χ3v) is 3.15. The van der Waals surface area contributed by atoms with Crippen LogP contribution in [0, 0.1) is 0 Å². The zero-order valence-electron chi connectivity index (χ0n) is 9.47. The largest absolute Gasteiger partial charge is 0.444 e. The molecule has 1 fully saturated rings. The van der Waals surface area contributed by atoms with Crippen LogP contribution in [0.3, 0.4) is 0 Å². The lowest BCUT2D eigenvalue weighted by Crippen LogP contribution is -2.44. The first-order valence-electron chi connectivity index (χ1n) is 5.82. The van der Waals surface area contributed by atoms with E-state index in [-0.39, 0.29) is 0 Å². The number of nitrogens with one attached hydrogen (secondary N) is 1. The molecule has 0 bridgehead atoms. The molecule has 3 rings (SSSR count). The summed E-state index contributed by atoms with van der Waals surface area (Å²) in [4.78, 5) is 3.90. The Hall–Kier alpha value is -1.81. The fourth-order valence-corrected chi connectivity index (χ4v) is 2.10. The van der Waals surface area contributed by atoms with Gasteiger partial charge in [0, 0.05) is 23.3 Å². The van der Waals surface area contributed by atoms with Gasteiger partial charge in [0.05, 0.1) is 6.20 Å². The van der Waals surface area contributed by atoms with Crippen molar-refractivity contribution in [3.63, 3.8) is 0 Å². The molecule has 1 aliphatic carbocycles. The molecule has 0 radical (unpaired) electrons. The fraction of sp³-hybridized carbons (Fsp3) is 0.308. The second-order valence-corrected chi connectivity index (χ2v) is 4.52. The number of nitrogens with two attached hydrogens (primary N) is 1. The number of aromatic nitrogens is 1. The van der Waals surface area contributed by atoms with Crippen molar-refractivity contribution in [2.75, 3.05) is 5.32 Å². The van der Waals surface area contributed by atoms with Gasteiger partial charge in [-0.3, -0.25) is 0 Å². The minimum Gasteiger partial charge on any atom is -0.444 e. The van der Waals surface area contributed by atoms with Crippen LogP contribution >= 0.6 is 0 Å². The molecule has 0 spiro atoms. The van der Waals surface area contributed by atoms with Gasteiger partial charge in [-0.15, -0.1) is 0 Å². The van der Waals surface area contributed by atoms with Gasteiger partial charge in [-0.25, -0.2) is 4.98 Å². The highest BCUT2D eigenvalue weighted by Gasteiger charge is 2.25. The van der Waals surface area contributed by atoms with Crippen molar-refractivity contribution in [1.29, 1.82) is 0 Å². The first kappa shape index (κ1) is 10.4. The Kier molecular flexibility index (Phi) is 2.57. The van der Waals surface area contributed by atoms with Crippen LogP contribution in [0.4, 0.5) is 5.69 Å². The van der Waals surface area contributed by atoms with Crippen molar-refractivity contribution < 1.29 is 4.42 Å². The van der Waals surface area contributed by atoms with Gasteiger partial charge < -0.3 is 15.5 Å². The van der Waals surface area contributed by atoms with Gasteiger partial charge in [0.2, 0.25) is 0 Å². The van der Waals surface area contributed by atoms with Gasteiger partial charge in [0.25, 0.3) is 0 Å². The Morgan fingerprint density at radius 1 is 1.24 bits per heavy atom. The number of oxazole rings is 1. The summed E-state index contributed by atoms with van der Waals surface area (Å²) < 4.78 is 5.24. The maximum atomic E-state index is 5.75. The maximum Gasteiger partial charge on any atom is 0.181 e. The van der Waals surface area contributed by atoms with Crippen LogP contribution < -0.4 is 11.1 Å². The molecule has 4 nitrogen and oxygen atoms in total. The Bertz CT molecular complexity index is 472. The smallest absolute Gasteiger partial charge is 0.181 e. The Morgan fingerprint density at radius 2 is 2.00 bits per heavy atom. The number of nitrogens with zero attached hydrogens (tertiary/aromatic N) is 1. The highest BCUT2D eigenvalue weighted by Crippen LogP contribution is 2.25. The zero-order chi connectivity index (χ0) is 11.7. The van der Waals surface area contributed by atoms with Crippen LogP contribution in [0.5, 0.6) is 0 Å². The number of anilines is 1. The van der Waals surface area contributed by atoms with E-state index in [1.165, 1.54) is 6.39 Å². The third kappa shape index (κ3) is 2.17. The van der Waals surface area contributed by atoms with Crippen molar-refractivity contribution >= 4 is 5.69 Å². The lowest BCUT2D eigenvalue weighted by atomic mass is 9.87. The summed E-state index contributed by atoms with van der Waals surface area (Å²) in [6, 6.07) is 9.08. The van der Waals surface area contributed by atoms with Gasteiger partial charge >= 0.3 is 0 Å². The second kappa shape index (κ2) is 4.22. The van der Waals surface area contributed by atoms with Gasteiger partial charge in [-0.1, -0.05) is 0 Å². The summed E-state index contributed by atoms with van der Waals surface area (Å²) in [6.45, 7) is 0. The molecular weight excluding hydrogens is 214 g/mol. The van der Waals surface area contributed by atoms with Gasteiger partial charge in [-0.2, -0.15) is 0 Å². The summed E-state index contributed by atoms with van der Waals surface area (Å²) in [5, 5.41) is 3.46. The van der Waals surface area contributed by atoms with Crippen LogP contribution in [0.2, 0.25) is 0 Å². The molecule has 1 aromatic heterocycles. The summed E-state index contributed by atoms with van der Waals surface area (Å²) in [7, 11) is 0. The van der Waals surface area contributed by atoms with E-state index in [0.717, 1.165) is 29.9 Å². The van der Waals surface area contributed by atoms with Gasteiger partial charge in [0.1, 0.15) is 0 Å². The van der Waals surface area contributed by atoms with Gasteiger partial charge in [0.15, 0.2) is 12.2 Å². The minimum absolute atomic E-state index is 0.376. The molecule has 1 saturated carbocycles. The highest BCUT2D eigenvalue weighted by molar-refractivity contribution is 5.60. The molecule has 88 valence electrons. The van der Waals surface area contributed by atoms with E-state index in [1.54, 1.807) is 6.20 Å². The summed E-state index contributed by atoms with van der Waals surface area (Å²) >= 11 is 0. The second-order valence-electron chi connectivity index (χ2n) is 4.52.